The Bertz CT molecular complexity index is 1130. The molecule has 0 aliphatic rings. The Labute approximate surface area is 173 Å². The smallest absolute Gasteiger partial charge is 0.477 e. The van der Waals surface area contributed by atoms with Crippen molar-refractivity contribution in [2.24, 2.45) is 5.73 Å². The highest BCUT2D eigenvalue weighted by Gasteiger charge is 2.38. The van der Waals surface area contributed by atoms with Crippen molar-refractivity contribution in [1.29, 1.82) is 0 Å². The summed E-state index contributed by atoms with van der Waals surface area (Å²) in [5.74, 6) is -3.74. The quantitative estimate of drug-likeness (QED) is 0.362. The van der Waals surface area contributed by atoms with E-state index in [9.17, 15) is 23.1 Å². The predicted octanol–water partition coefficient (Wildman–Crippen LogP) is 3.24. The summed E-state index contributed by atoms with van der Waals surface area (Å²) in [4.78, 5) is 20.8. The number of anilines is 1. The SMILES string of the molecule is NC(=S)c1cccc(Cn2c(C(=O)O)cc3cc(N)ccc32)c1.O=C(O)C(F)(F)F. The lowest BCUT2D eigenvalue weighted by Crippen LogP contribution is -2.21. The van der Waals surface area contributed by atoms with E-state index >= 15 is 0 Å². The number of aliphatic carboxylic acids is 1. The van der Waals surface area contributed by atoms with Gasteiger partial charge < -0.3 is 26.2 Å². The highest BCUT2D eigenvalue weighted by Crippen LogP contribution is 2.24. The monoisotopic (exact) mass is 439 g/mol. The highest BCUT2D eigenvalue weighted by atomic mass is 32.1. The Morgan fingerprint density at radius 3 is 2.23 bits per heavy atom. The van der Waals surface area contributed by atoms with Crippen molar-refractivity contribution in [2.45, 2.75) is 12.7 Å². The second-order valence-corrected chi connectivity index (χ2v) is 6.55. The van der Waals surface area contributed by atoms with Gasteiger partial charge >= 0.3 is 18.1 Å². The van der Waals surface area contributed by atoms with E-state index in [2.05, 4.69) is 0 Å². The second-order valence-electron chi connectivity index (χ2n) is 6.11. The number of nitrogens with zero attached hydrogens (tertiary/aromatic N) is 1. The molecule has 0 unspecified atom stereocenters. The Morgan fingerprint density at radius 1 is 1.07 bits per heavy atom. The molecule has 2 aromatic carbocycles. The lowest BCUT2D eigenvalue weighted by molar-refractivity contribution is -0.192. The number of nitrogen functional groups attached to an aromatic ring is 1. The number of aromatic carboxylic acids is 1. The maximum Gasteiger partial charge on any atom is 0.490 e. The molecule has 30 heavy (non-hydrogen) atoms. The van der Waals surface area contributed by atoms with E-state index in [1.807, 2.05) is 30.3 Å². The molecule has 0 bridgehead atoms. The molecule has 0 saturated carbocycles. The third-order valence-electron chi connectivity index (χ3n) is 3.94. The molecular formula is C19H16F3N3O4S. The fourth-order valence-electron chi connectivity index (χ4n) is 2.64. The van der Waals surface area contributed by atoms with Crippen LogP contribution in [0.25, 0.3) is 10.9 Å². The van der Waals surface area contributed by atoms with E-state index in [0.29, 0.717) is 17.2 Å². The van der Waals surface area contributed by atoms with Crippen LogP contribution in [0.5, 0.6) is 0 Å². The maximum absolute atomic E-state index is 11.5. The van der Waals surface area contributed by atoms with Gasteiger partial charge in [-0.05, 0) is 35.9 Å². The average molecular weight is 439 g/mol. The van der Waals surface area contributed by atoms with Gasteiger partial charge in [-0.3, -0.25) is 0 Å². The number of carboxylic acids is 2. The Morgan fingerprint density at radius 2 is 1.70 bits per heavy atom. The predicted molar refractivity (Wildman–Crippen MR) is 108 cm³/mol. The molecule has 0 saturated heterocycles. The summed E-state index contributed by atoms with van der Waals surface area (Å²) in [5.41, 5.74) is 14.8. The van der Waals surface area contributed by atoms with Crippen LogP contribution in [0.1, 0.15) is 21.6 Å². The molecule has 158 valence electrons. The Balaban J connectivity index is 0.000000396. The van der Waals surface area contributed by atoms with Crippen molar-refractivity contribution in [3.8, 4) is 0 Å². The van der Waals surface area contributed by atoms with Crippen molar-refractivity contribution in [3.05, 3.63) is 65.4 Å². The summed E-state index contributed by atoms with van der Waals surface area (Å²) in [6.45, 7) is 0.408. The van der Waals surface area contributed by atoms with Crippen molar-refractivity contribution < 1.29 is 33.0 Å². The zero-order valence-electron chi connectivity index (χ0n) is 15.2. The van der Waals surface area contributed by atoms with E-state index in [0.717, 1.165) is 22.0 Å². The molecule has 0 aliphatic heterocycles. The number of aromatic nitrogens is 1. The van der Waals surface area contributed by atoms with Crippen LogP contribution in [0.4, 0.5) is 18.9 Å². The van der Waals surface area contributed by atoms with E-state index in [-0.39, 0.29) is 5.69 Å². The molecule has 0 spiro atoms. The number of carboxylic acid groups (broad SMARTS) is 2. The minimum absolute atomic E-state index is 0.214. The van der Waals surface area contributed by atoms with Gasteiger partial charge in [-0.2, -0.15) is 13.2 Å². The van der Waals surface area contributed by atoms with E-state index in [4.69, 9.17) is 33.6 Å². The Hall–Kier alpha value is -3.60. The number of fused-ring (bicyclic) bond motifs is 1. The lowest BCUT2D eigenvalue weighted by Gasteiger charge is -2.10. The summed E-state index contributed by atoms with van der Waals surface area (Å²) in [7, 11) is 0. The van der Waals surface area contributed by atoms with Gasteiger partial charge in [0.1, 0.15) is 10.7 Å². The first kappa shape index (κ1) is 22.7. The molecule has 3 aromatic rings. The van der Waals surface area contributed by atoms with Crippen LogP contribution in [-0.2, 0) is 11.3 Å². The first-order chi connectivity index (χ1) is 13.9. The summed E-state index contributed by atoms with van der Waals surface area (Å²) in [6, 6.07) is 14.5. The summed E-state index contributed by atoms with van der Waals surface area (Å²) >= 11 is 4.99. The minimum Gasteiger partial charge on any atom is -0.477 e. The van der Waals surface area contributed by atoms with Gasteiger partial charge in [0.25, 0.3) is 0 Å². The third kappa shape index (κ3) is 5.47. The van der Waals surface area contributed by atoms with Gasteiger partial charge in [-0.25, -0.2) is 9.59 Å². The van der Waals surface area contributed by atoms with E-state index < -0.39 is 18.1 Å². The van der Waals surface area contributed by atoms with Gasteiger partial charge in [-0.1, -0.05) is 30.4 Å². The van der Waals surface area contributed by atoms with Crippen LogP contribution < -0.4 is 11.5 Å². The summed E-state index contributed by atoms with van der Waals surface area (Å²) < 4.78 is 33.5. The average Bonchev–Trinajstić information content (AvgIpc) is 2.99. The molecule has 1 aromatic heterocycles. The van der Waals surface area contributed by atoms with Gasteiger partial charge in [0.05, 0.1) is 0 Å². The number of carbonyl (C=O) groups is 2. The van der Waals surface area contributed by atoms with Gasteiger partial charge in [0.2, 0.25) is 0 Å². The summed E-state index contributed by atoms with van der Waals surface area (Å²) in [5, 5.41) is 17.4. The fourth-order valence-corrected chi connectivity index (χ4v) is 2.77. The van der Waals surface area contributed by atoms with Crippen LogP contribution in [0.3, 0.4) is 0 Å². The van der Waals surface area contributed by atoms with Crippen molar-refractivity contribution in [1.82, 2.24) is 4.57 Å². The molecule has 0 radical (unpaired) electrons. The second kappa shape index (κ2) is 8.82. The number of halogens is 3. The van der Waals surface area contributed by atoms with Crippen LogP contribution >= 0.6 is 12.2 Å². The van der Waals surface area contributed by atoms with Gasteiger partial charge in [0, 0.05) is 28.7 Å². The largest absolute Gasteiger partial charge is 0.490 e. The number of hydrogen-bond acceptors (Lipinski definition) is 4. The normalized spacial score (nSPS) is 10.9. The summed E-state index contributed by atoms with van der Waals surface area (Å²) in [6.07, 6.45) is -5.08. The molecular weight excluding hydrogens is 423 g/mol. The Kier molecular flexibility index (Phi) is 6.67. The molecule has 11 heteroatoms. The third-order valence-corrected chi connectivity index (χ3v) is 4.17. The first-order valence-corrected chi connectivity index (χ1v) is 8.62. The maximum atomic E-state index is 11.5. The molecule has 0 amide bonds. The van der Waals surface area contributed by atoms with Gasteiger partial charge in [-0.15, -0.1) is 0 Å². The number of benzene rings is 2. The van der Waals surface area contributed by atoms with E-state index in [1.54, 1.807) is 22.8 Å². The topological polar surface area (TPSA) is 132 Å². The number of rotatable bonds is 4. The number of nitrogens with two attached hydrogens (primary N) is 2. The molecule has 0 atom stereocenters. The standard InChI is InChI=1S/C17H15N3O2S.C2HF3O2/c18-13-4-5-14-12(7-13)8-15(17(21)22)20(14)9-10-2-1-3-11(6-10)16(19)23;3-2(4,5)1(6)7/h1-8H,9,18H2,(H2,19,23)(H,21,22);(H,6,7). The zero-order valence-corrected chi connectivity index (χ0v) is 16.0. The number of thiocarbonyl (C=S) groups is 1. The first-order valence-electron chi connectivity index (χ1n) is 8.21. The van der Waals surface area contributed by atoms with Crippen LogP contribution in [0.15, 0.2) is 48.5 Å². The van der Waals surface area contributed by atoms with Crippen molar-refractivity contribution >= 4 is 45.7 Å². The van der Waals surface area contributed by atoms with Crippen LogP contribution in [-0.4, -0.2) is 37.9 Å². The minimum atomic E-state index is -5.08. The van der Waals surface area contributed by atoms with E-state index in [1.165, 1.54) is 0 Å². The highest BCUT2D eigenvalue weighted by molar-refractivity contribution is 7.80. The van der Waals surface area contributed by atoms with Gasteiger partial charge in [0.15, 0.2) is 0 Å². The molecule has 3 rings (SSSR count). The number of hydrogen-bond donors (Lipinski definition) is 4. The molecule has 6 N–H and O–H groups in total. The molecule has 1 heterocycles. The fraction of sp³-hybridized carbons (Fsp3) is 0.105. The van der Waals surface area contributed by atoms with Crippen LogP contribution in [0.2, 0.25) is 0 Å². The molecule has 7 nitrogen and oxygen atoms in total. The number of alkyl halides is 3. The lowest BCUT2D eigenvalue weighted by atomic mass is 10.1. The zero-order chi connectivity index (χ0) is 22.6. The van der Waals surface area contributed by atoms with Crippen molar-refractivity contribution in [2.75, 3.05) is 5.73 Å². The molecule has 0 aliphatic carbocycles. The van der Waals surface area contributed by atoms with Crippen molar-refractivity contribution in [3.63, 3.8) is 0 Å². The van der Waals surface area contributed by atoms with Crippen LogP contribution in [0, 0.1) is 0 Å². The molecule has 0 fully saturated rings.